The average Bonchev–Trinajstić information content (AvgIpc) is 2.48. The molecule has 19 heavy (non-hydrogen) atoms. The Balaban J connectivity index is 1.98. The number of para-hydroxylation sites is 1. The SMILES string of the molecule is O=C(OBr)c1ccc(N=CNc2ccccc2)cc1. The number of carbonyl (C=O) groups excluding carboxylic acids is 1. The highest BCUT2D eigenvalue weighted by Crippen LogP contribution is 2.14. The van der Waals surface area contributed by atoms with Gasteiger partial charge >= 0.3 is 5.97 Å². The Morgan fingerprint density at radius 3 is 2.42 bits per heavy atom. The fourth-order valence-electron chi connectivity index (χ4n) is 1.44. The molecule has 2 aromatic rings. The summed E-state index contributed by atoms with van der Waals surface area (Å²) in [6, 6.07) is 16.5. The zero-order valence-corrected chi connectivity index (χ0v) is 11.5. The Morgan fingerprint density at radius 1 is 1.11 bits per heavy atom. The molecule has 0 aliphatic heterocycles. The second-order valence-electron chi connectivity index (χ2n) is 3.68. The van der Waals surface area contributed by atoms with Crippen molar-refractivity contribution in [3.63, 3.8) is 0 Å². The van der Waals surface area contributed by atoms with Crippen molar-refractivity contribution in [3.8, 4) is 0 Å². The van der Waals surface area contributed by atoms with Crippen LogP contribution in [0.3, 0.4) is 0 Å². The van der Waals surface area contributed by atoms with E-state index in [9.17, 15) is 4.79 Å². The van der Waals surface area contributed by atoms with Gasteiger partial charge < -0.3 is 9.15 Å². The molecule has 96 valence electrons. The van der Waals surface area contributed by atoms with Crippen LogP contribution in [0.1, 0.15) is 10.4 Å². The smallest absolute Gasteiger partial charge is 0.349 e. The van der Waals surface area contributed by atoms with E-state index in [-0.39, 0.29) is 0 Å². The van der Waals surface area contributed by atoms with Gasteiger partial charge in [-0.2, -0.15) is 0 Å². The van der Waals surface area contributed by atoms with Crippen LogP contribution in [0.4, 0.5) is 11.4 Å². The average molecular weight is 319 g/mol. The van der Waals surface area contributed by atoms with E-state index in [4.69, 9.17) is 0 Å². The molecule has 0 heterocycles. The van der Waals surface area contributed by atoms with Gasteiger partial charge in [0.1, 0.15) is 0 Å². The predicted octanol–water partition coefficient (Wildman–Crippen LogP) is 3.93. The van der Waals surface area contributed by atoms with Crippen molar-refractivity contribution in [2.75, 3.05) is 5.32 Å². The number of anilines is 1. The van der Waals surface area contributed by atoms with Gasteiger partial charge in [0, 0.05) is 5.69 Å². The molecule has 0 atom stereocenters. The fraction of sp³-hybridized carbons (Fsp3) is 0. The summed E-state index contributed by atoms with van der Waals surface area (Å²) in [6.07, 6.45) is 1.60. The summed E-state index contributed by atoms with van der Waals surface area (Å²) in [6.45, 7) is 0. The molecule has 0 aliphatic carbocycles. The molecule has 1 N–H and O–H groups in total. The van der Waals surface area contributed by atoms with E-state index in [1.54, 1.807) is 30.6 Å². The van der Waals surface area contributed by atoms with Gasteiger partial charge in [-0.15, -0.1) is 0 Å². The Morgan fingerprint density at radius 2 is 1.79 bits per heavy atom. The van der Waals surface area contributed by atoms with Crippen LogP contribution >= 0.6 is 16.3 Å². The molecule has 0 unspecified atom stereocenters. The third-order valence-electron chi connectivity index (χ3n) is 2.39. The number of rotatable bonds is 4. The highest BCUT2D eigenvalue weighted by Gasteiger charge is 2.04. The molecule has 2 aromatic carbocycles. The maximum absolute atomic E-state index is 11.2. The van der Waals surface area contributed by atoms with Gasteiger partial charge in [0.05, 0.1) is 17.6 Å². The maximum atomic E-state index is 11.2. The molecule has 0 fully saturated rings. The number of hydrogen-bond acceptors (Lipinski definition) is 3. The Bertz CT molecular complexity index is 568. The standard InChI is InChI=1S/C14H11BrN2O2/c15-19-14(18)11-6-8-13(9-7-11)17-10-16-12-4-2-1-3-5-12/h1-10H,(H,16,17). The highest BCUT2D eigenvalue weighted by atomic mass is 79.9. The van der Waals surface area contributed by atoms with E-state index in [1.807, 2.05) is 30.3 Å². The molecule has 0 spiro atoms. The first-order valence-corrected chi connectivity index (χ1v) is 6.21. The van der Waals surface area contributed by atoms with Gasteiger partial charge in [-0.05, 0) is 36.4 Å². The number of aliphatic imine (C=N–C) groups is 1. The molecule has 0 aromatic heterocycles. The van der Waals surface area contributed by atoms with Gasteiger partial charge in [-0.3, -0.25) is 0 Å². The second-order valence-corrected chi connectivity index (χ2v) is 4.00. The number of hydrogen-bond donors (Lipinski definition) is 1. The zero-order valence-electron chi connectivity index (χ0n) is 9.92. The van der Waals surface area contributed by atoms with Crippen molar-refractivity contribution in [1.82, 2.24) is 0 Å². The fourth-order valence-corrected chi connectivity index (χ4v) is 1.63. The Kier molecular flexibility index (Phi) is 4.69. The Labute approximate surface area is 119 Å². The summed E-state index contributed by atoms with van der Waals surface area (Å²) < 4.78 is 4.44. The number of nitrogens with one attached hydrogen (secondary N) is 1. The van der Waals surface area contributed by atoms with Gasteiger partial charge in [-0.25, -0.2) is 9.79 Å². The van der Waals surface area contributed by atoms with Crippen LogP contribution < -0.4 is 5.32 Å². The third kappa shape index (κ3) is 3.93. The van der Waals surface area contributed by atoms with Crippen LogP contribution in [0.5, 0.6) is 0 Å². The second kappa shape index (κ2) is 6.70. The molecule has 0 aliphatic rings. The summed E-state index contributed by atoms with van der Waals surface area (Å²) in [4.78, 5) is 15.4. The van der Waals surface area contributed by atoms with Crippen LogP contribution in [0.25, 0.3) is 0 Å². The Hall–Kier alpha value is -2.14. The van der Waals surface area contributed by atoms with Crippen molar-refractivity contribution in [2.24, 2.45) is 4.99 Å². The summed E-state index contributed by atoms with van der Waals surface area (Å²) in [5, 5.41) is 3.05. The van der Waals surface area contributed by atoms with Gasteiger partial charge in [0.25, 0.3) is 0 Å². The van der Waals surface area contributed by atoms with Gasteiger partial charge in [0.2, 0.25) is 0 Å². The lowest BCUT2D eigenvalue weighted by Gasteiger charge is -1.99. The lowest BCUT2D eigenvalue weighted by Crippen LogP contribution is -1.96. The van der Waals surface area contributed by atoms with Gasteiger partial charge in [0.15, 0.2) is 16.3 Å². The van der Waals surface area contributed by atoms with Crippen LogP contribution in [0.15, 0.2) is 59.6 Å². The number of halogens is 1. The third-order valence-corrected chi connectivity index (χ3v) is 2.69. The van der Waals surface area contributed by atoms with Crippen molar-refractivity contribution in [3.05, 3.63) is 60.2 Å². The largest absolute Gasteiger partial charge is 0.380 e. The predicted molar refractivity (Wildman–Crippen MR) is 79.0 cm³/mol. The van der Waals surface area contributed by atoms with Crippen molar-refractivity contribution in [2.45, 2.75) is 0 Å². The van der Waals surface area contributed by atoms with Crippen LogP contribution in [-0.2, 0) is 3.83 Å². The first-order valence-electron chi connectivity index (χ1n) is 5.57. The molecular weight excluding hydrogens is 308 g/mol. The van der Waals surface area contributed by atoms with E-state index in [1.165, 1.54) is 0 Å². The van der Waals surface area contributed by atoms with Crippen molar-refractivity contribution < 1.29 is 8.62 Å². The first kappa shape index (κ1) is 13.3. The summed E-state index contributed by atoms with van der Waals surface area (Å²) in [5.74, 6) is -0.432. The molecule has 2 rings (SSSR count). The van der Waals surface area contributed by atoms with Crippen molar-refractivity contribution >= 4 is 39.9 Å². The van der Waals surface area contributed by atoms with E-state index in [2.05, 4.69) is 30.4 Å². The molecule has 0 saturated heterocycles. The van der Waals surface area contributed by atoms with Crippen LogP contribution in [0, 0.1) is 0 Å². The number of carbonyl (C=O) groups is 1. The molecule has 0 radical (unpaired) electrons. The molecule has 0 saturated carbocycles. The van der Waals surface area contributed by atoms with E-state index in [0.717, 1.165) is 11.4 Å². The van der Waals surface area contributed by atoms with Gasteiger partial charge in [-0.1, -0.05) is 18.2 Å². The number of nitrogens with zero attached hydrogens (tertiary/aromatic N) is 1. The minimum absolute atomic E-state index is 0.432. The first-order chi connectivity index (χ1) is 9.29. The van der Waals surface area contributed by atoms with E-state index >= 15 is 0 Å². The van der Waals surface area contributed by atoms with Crippen molar-refractivity contribution in [1.29, 1.82) is 0 Å². The summed E-state index contributed by atoms with van der Waals surface area (Å²) >= 11 is 2.65. The monoisotopic (exact) mass is 318 g/mol. The molecule has 4 nitrogen and oxygen atoms in total. The summed E-state index contributed by atoms with van der Waals surface area (Å²) in [5.41, 5.74) is 2.17. The normalized spacial score (nSPS) is 10.4. The minimum atomic E-state index is -0.432. The van der Waals surface area contributed by atoms with Crippen LogP contribution in [-0.4, -0.2) is 12.3 Å². The lowest BCUT2D eigenvalue weighted by atomic mass is 10.2. The zero-order chi connectivity index (χ0) is 13.5. The summed E-state index contributed by atoms with van der Waals surface area (Å²) in [7, 11) is 0. The molecule has 0 amide bonds. The number of benzene rings is 2. The maximum Gasteiger partial charge on any atom is 0.349 e. The quantitative estimate of drug-likeness (QED) is 0.686. The molecule has 5 heteroatoms. The van der Waals surface area contributed by atoms with Crippen LogP contribution in [0.2, 0.25) is 0 Å². The van der Waals surface area contributed by atoms with E-state index < -0.39 is 5.97 Å². The molecule has 0 bridgehead atoms. The highest BCUT2D eigenvalue weighted by molar-refractivity contribution is 9.06. The molecular formula is C14H11BrN2O2. The topological polar surface area (TPSA) is 50.7 Å². The lowest BCUT2D eigenvalue weighted by molar-refractivity contribution is 0.0782. The minimum Gasteiger partial charge on any atom is -0.380 e. The van der Waals surface area contributed by atoms with E-state index in [0.29, 0.717) is 5.56 Å².